The number of fused-ring (bicyclic) bond motifs is 2. The van der Waals surface area contributed by atoms with Crippen LogP contribution in [0.25, 0.3) is 22.6 Å². The molecule has 0 radical (unpaired) electrons. The highest BCUT2D eigenvalue weighted by molar-refractivity contribution is 6.30. The third-order valence-electron chi connectivity index (χ3n) is 4.70. The Kier molecular flexibility index (Phi) is 4.84. The van der Waals surface area contributed by atoms with E-state index >= 15 is 0 Å². The molecule has 2 N–H and O–H groups in total. The summed E-state index contributed by atoms with van der Waals surface area (Å²) in [6.07, 6.45) is 3.49. The van der Waals surface area contributed by atoms with Crippen LogP contribution in [0.2, 0.25) is 5.02 Å². The van der Waals surface area contributed by atoms with E-state index in [1.54, 1.807) is 0 Å². The molecule has 1 aliphatic rings. The number of halogens is 1. The van der Waals surface area contributed by atoms with Crippen LogP contribution in [0.4, 0.5) is 0 Å². The number of carbonyl (C=O) groups excluding carboxylic acids is 2. The van der Waals surface area contributed by atoms with E-state index in [1.165, 1.54) is 0 Å². The molecule has 0 unspecified atom stereocenters. The van der Waals surface area contributed by atoms with Gasteiger partial charge in [-0.15, -0.1) is 0 Å². The van der Waals surface area contributed by atoms with Crippen LogP contribution in [0.1, 0.15) is 33.6 Å². The van der Waals surface area contributed by atoms with Crippen molar-refractivity contribution in [3.05, 3.63) is 75.9 Å². The Balaban J connectivity index is 1.83. The fourth-order valence-electron chi connectivity index (χ4n) is 3.48. The molecule has 1 heterocycles. The molecule has 140 valence electrons. The van der Waals surface area contributed by atoms with Crippen molar-refractivity contribution < 1.29 is 14.3 Å². The number of nitrogens with two attached hydrogens (primary N) is 1. The average molecular weight is 393 g/mol. The molecular formula is C22H17ClN2O3. The van der Waals surface area contributed by atoms with E-state index in [4.69, 9.17) is 27.1 Å². The minimum Gasteiger partial charge on any atom is -0.452 e. The third-order valence-corrected chi connectivity index (χ3v) is 4.95. The van der Waals surface area contributed by atoms with Gasteiger partial charge in [0.05, 0.1) is 16.8 Å². The Hall–Kier alpha value is -3.18. The summed E-state index contributed by atoms with van der Waals surface area (Å²) in [5, 5.41) is 1.39. The standard InChI is InChI=1S/C22H17ClN2O3/c23-15-8-5-13(6-9-15)11-14-7-10-17-20(22(27)28-12-19(24)26)16-3-1-2-4-18(16)25-21(14)17/h1-6,8-9,11H,7,10,12H2,(H2,24,26). The zero-order chi connectivity index (χ0) is 19.7. The van der Waals surface area contributed by atoms with Crippen LogP contribution in [0.5, 0.6) is 0 Å². The first-order chi connectivity index (χ1) is 13.5. The second-order valence-corrected chi connectivity index (χ2v) is 7.03. The van der Waals surface area contributed by atoms with Crippen molar-refractivity contribution in [3.8, 4) is 0 Å². The number of para-hydroxylation sites is 1. The normalized spacial score (nSPS) is 14.2. The number of hydrogen-bond donors (Lipinski definition) is 1. The lowest BCUT2D eigenvalue weighted by molar-refractivity contribution is -0.121. The van der Waals surface area contributed by atoms with E-state index in [0.29, 0.717) is 27.9 Å². The molecule has 1 aromatic heterocycles. The van der Waals surface area contributed by atoms with Gasteiger partial charge in [-0.05, 0) is 53.8 Å². The van der Waals surface area contributed by atoms with Gasteiger partial charge in [-0.1, -0.05) is 41.9 Å². The summed E-state index contributed by atoms with van der Waals surface area (Å²) < 4.78 is 5.11. The first-order valence-corrected chi connectivity index (χ1v) is 9.24. The smallest absolute Gasteiger partial charge is 0.339 e. The largest absolute Gasteiger partial charge is 0.452 e. The van der Waals surface area contributed by atoms with Crippen molar-refractivity contribution >= 4 is 46.0 Å². The first-order valence-electron chi connectivity index (χ1n) is 8.86. The number of nitrogens with zero attached hydrogens (tertiary/aromatic N) is 1. The van der Waals surface area contributed by atoms with Crippen LogP contribution in [0.15, 0.2) is 48.5 Å². The molecule has 0 saturated heterocycles. The van der Waals surface area contributed by atoms with Crippen molar-refractivity contribution in [2.75, 3.05) is 6.61 Å². The summed E-state index contributed by atoms with van der Waals surface area (Å²) in [5.41, 5.74) is 9.97. The molecule has 0 saturated carbocycles. The first kappa shape index (κ1) is 18.2. The number of ether oxygens (including phenoxy) is 1. The van der Waals surface area contributed by atoms with Crippen molar-refractivity contribution in [1.29, 1.82) is 0 Å². The van der Waals surface area contributed by atoms with E-state index in [1.807, 2.05) is 48.5 Å². The Morgan fingerprint density at radius 2 is 1.86 bits per heavy atom. The zero-order valence-corrected chi connectivity index (χ0v) is 15.7. The minimum absolute atomic E-state index is 0.447. The lowest BCUT2D eigenvalue weighted by atomic mass is 10.0. The summed E-state index contributed by atoms with van der Waals surface area (Å²) >= 11 is 5.96. The van der Waals surface area contributed by atoms with Crippen molar-refractivity contribution in [3.63, 3.8) is 0 Å². The summed E-state index contributed by atoms with van der Waals surface area (Å²) in [6.45, 7) is -0.447. The molecule has 1 amide bonds. The Labute approximate surface area is 166 Å². The highest BCUT2D eigenvalue weighted by Gasteiger charge is 2.27. The molecule has 5 nitrogen and oxygen atoms in total. The number of hydrogen-bond acceptors (Lipinski definition) is 4. The Bertz CT molecular complexity index is 1120. The number of carbonyl (C=O) groups is 2. The zero-order valence-electron chi connectivity index (χ0n) is 14.9. The molecule has 0 atom stereocenters. The number of allylic oxidation sites excluding steroid dienone is 1. The minimum atomic E-state index is -0.688. The lowest BCUT2D eigenvalue weighted by Crippen LogP contribution is -2.21. The van der Waals surface area contributed by atoms with Gasteiger partial charge in [-0.25, -0.2) is 9.78 Å². The van der Waals surface area contributed by atoms with E-state index in [2.05, 4.69) is 6.08 Å². The monoisotopic (exact) mass is 392 g/mol. The molecule has 0 spiro atoms. The number of amides is 1. The van der Waals surface area contributed by atoms with E-state index in [9.17, 15) is 9.59 Å². The number of primary amides is 1. The summed E-state index contributed by atoms with van der Waals surface area (Å²) in [4.78, 5) is 28.6. The summed E-state index contributed by atoms with van der Waals surface area (Å²) in [5.74, 6) is -1.24. The Morgan fingerprint density at radius 1 is 1.11 bits per heavy atom. The second kappa shape index (κ2) is 7.44. The summed E-state index contributed by atoms with van der Waals surface area (Å²) in [6, 6.07) is 15.0. The molecule has 0 aliphatic heterocycles. The van der Waals surface area contributed by atoms with Gasteiger partial charge in [-0.3, -0.25) is 4.79 Å². The average Bonchev–Trinajstić information content (AvgIpc) is 3.08. The molecule has 0 fully saturated rings. The van der Waals surface area contributed by atoms with Crippen molar-refractivity contribution in [1.82, 2.24) is 4.98 Å². The van der Waals surface area contributed by atoms with E-state index < -0.39 is 18.5 Å². The predicted molar refractivity (Wildman–Crippen MR) is 109 cm³/mol. The topological polar surface area (TPSA) is 82.3 Å². The maximum atomic E-state index is 12.7. The van der Waals surface area contributed by atoms with E-state index in [0.717, 1.165) is 28.8 Å². The molecule has 28 heavy (non-hydrogen) atoms. The SMILES string of the molecule is NC(=O)COC(=O)c1c2c(nc3ccccc13)C(=Cc1ccc(Cl)cc1)CC2. The van der Waals surface area contributed by atoms with Gasteiger partial charge in [0, 0.05) is 10.4 Å². The molecule has 3 aromatic rings. The third kappa shape index (κ3) is 3.49. The number of pyridine rings is 1. The maximum absolute atomic E-state index is 12.7. The fourth-order valence-corrected chi connectivity index (χ4v) is 3.61. The molecule has 2 aromatic carbocycles. The van der Waals surface area contributed by atoms with Crippen molar-refractivity contribution in [2.24, 2.45) is 5.73 Å². The van der Waals surface area contributed by atoms with Crippen LogP contribution in [-0.2, 0) is 16.0 Å². The van der Waals surface area contributed by atoms with Gasteiger partial charge in [0.1, 0.15) is 0 Å². The van der Waals surface area contributed by atoms with Gasteiger partial charge in [0.2, 0.25) is 0 Å². The number of rotatable bonds is 4. The van der Waals surface area contributed by atoms with Crippen LogP contribution < -0.4 is 5.73 Å². The van der Waals surface area contributed by atoms with Gasteiger partial charge in [-0.2, -0.15) is 0 Å². The van der Waals surface area contributed by atoms with Gasteiger partial charge >= 0.3 is 5.97 Å². The molecule has 4 rings (SSSR count). The van der Waals surface area contributed by atoms with E-state index in [-0.39, 0.29) is 0 Å². The Morgan fingerprint density at radius 3 is 2.61 bits per heavy atom. The molecule has 6 heteroatoms. The predicted octanol–water partition coefficient (Wildman–Crippen LogP) is 4.02. The number of benzene rings is 2. The van der Waals surface area contributed by atoms with Gasteiger partial charge in [0.25, 0.3) is 5.91 Å². The summed E-state index contributed by atoms with van der Waals surface area (Å²) in [7, 11) is 0. The lowest BCUT2D eigenvalue weighted by Gasteiger charge is -2.11. The highest BCUT2D eigenvalue weighted by Crippen LogP contribution is 2.37. The maximum Gasteiger partial charge on any atom is 0.339 e. The van der Waals surface area contributed by atoms with Gasteiger partial charge in [0.15, 0.2) is 6.61 Å². The number of esters is 1. The van der Waals surface area contributed by atoms with Crippen LogP contribution in [0.3, 0.4) is 0 Å². The quantitative estimate of drug-likeness (QED) is 0.680. The molecule has 0 bridgehead atoms. The van der Waals surface area contributed by atoms with Crippen LogP contribution in [-0.4, -0.2) is 23.5 Å². The molecular weight excluding hydrogens is 376 g/mol. The van der Waals surface area contributed by atoms with Crippen LogP contribution >= 0.6 is 11.6 Å². The number of aromatic nitrogens is 1. The molecule has 1 aliphatic carbocycles. The van der Waals surface area contributed by atoms with Gasteiger partial charge < -0.3 is 10.5 Å². The second-order valence-electron chi connectivity index (χ2n) is 6.59. The fraction of sp³-hybridized carbons (Fsp3) is 0.136. The van der Waals surface area contributed by atoms with Crippen molar-refractivity contribution in [2.45, 2.75) is 12.8 Å². The van der Waals surface area contributed by atoms with Crippen LogP contribution in [0, 0.1) is 0 Å². The highest BCUT2D eigenvalue weighted by atomic mass is 35.5.